The summed E-state index contributed by atoms with van der Waals surface area (Å²) >= 11 is 0. The third-order valence-electron chi connectivity index (χ3n) is 0. The van der Waals surface area contributed by atoms with Gasteiger partial charge in [-0.2, -0.15) is 0 Å². The molecular weight excluding hydrogens is 144 g/mol. The SMILES string of the molecule is [B]N[SiH3].[Zr]. The molecule has 0 heterocycles. The van der Waals surface area contributed by atoms with Crippen LogP contribution >= 0.6 is 0 Å². The molecule has 0 spiro atoms. The van der Waals surface area contributed by atoms with Crippen LogP contribution in [0.2, 0.25) is 0 Å². The van der Waals surface area contributed by atoms with E-state index in [4.69, 9.17) is 0 Å². The normalized spacial score (nSPS) is 5.00. The van der Waals surface area contributed by atoms with Crippen molar-refractivity contribution in [3.8, 4) is 0 Å². The Kier molecular flexibility index (Phi) is 19.9. The third-order valence-corrected chi connectivity index (χ3v) is 0. The summed E-state index contributed by atoms with van der Waals surface area (Å²) in [4.78, 5) is 2.39. The van der Waals surface area contributed by atoms with E-state index in [9.17, 15) is 0 Å². The number of nitrogens with one attached hydrogen (secondary N) is 1. The largest absolute Gasteiger partial charge is 0.396 e. The van der Waals surface area contributed by atoms with Gasteiger partial charge in [0.1, 0.15) is 0 Å². The molecule has 1 N–H and O–H groups in total. The topological polar surface area (TPSA) is 12.0 Å². The predicted molar refractivity (Wildman–Crippen MR) is 18.8 cm³/mol. The maximum absolute atomic E-state index is 4.66. The van der Waals surface area contributed by atoms with Crippen LogP contribution in [-0.4, -0.2) is 18.4 Å². The molecule has 1 nitrogen and oxygen atoms in total. The van der Waals surface area contributed by atoms with Crippen molar-refractivity contribution in [2.24, 2.45) is 0 Å². The second-order valence-corrected chi connectivity index (χ2v) is 0.866. The summed E-state index contributed by atoms with van der Waals surface area (Å²) in [6.07, 6.45) is 0. The minimum absolute atomic E-state index is 0. The van der Waals surface area contributed by atoms with Crippen LogP contribution in [0.3, 0.4) is 0 Å². The average molecular weight is 148 g/mol. The molecule has 0 aliphatic rings. The molecule has 2 radical (unpaired) electrons. The molecule has 0 amide bonds. The molecular formula is H4BNSiZr. The van der Waals surface area contributed by atoms with Gasteiger partial charge in [0, 0.05) is 26.2 Å². The van der Waals surface area contributed by atoms with Crippen molar-refractivity contribution in [3.63, 3.8) is 0 Å². The molecule has 0 aromatic rings. The maximum Gasteiger partial charge on any atom is 0.168 e. The first-order valence-electron chi connectivity index (χ1n) is 0.789. The van der Waals surface area contributed by atoms with Crippen molar-refractivity contribution in [1.29, 1.82) is 0 Å². The molecule has 4 heavy (non-hydrogen) atoms. The van der Waals surface area contributed by atoms with Crippen LogP contribution in [0.5, 0.6) is 0 Å². The fourth-order valence-electron chi connectivity index (χ4n) is 0. The van der Waals surface area contributed by atoms with Gasteiger partial charge in [-0.15, -0.1) is 0 Å². The van der Waals surface area contributed by atoms with E-state index in [0.29, 0.717) is 0 Å². The molecule has 20 valence electrons. The molecule has 0 unspecified atom stereocenters. The first-order chi connectivity index (χ1) is 1.41. The van der Waals surface area contributed by atoms with E-state index in [0.717, 1.165) is 10.4 Å². The van der Waals surface area contributed by atoms with E-state index < -0.39 is 0 Å². The van der Waals surface area contributed by atoms with Gasteiger partial charge < -0.3 is 4.89 Å². The Hall–Kier alpha value is 1.12. The zero-order valence-corrected chi connectivity index (χ0v) is 7.04. The third kappa shape index (κ3) is 11.2. The zero-order chi connectivity index (χ0) is 2.71. The van der Waals surface area contributed by atoms with E-state index in [1.165, 1.54) is 0 Å². The Morgan fingerprint density at radius 2 is 1.75 bits per heavy atom. The Labute approximate surface area is 49.6 Å². The summed E-state index contributed by atoms with van der Waals surface area (Å²) in [6.45, 7) is 0. The standard InChI is InChI=1S/BH4NSi.Zr/c1-2-3;/h2H,3H3;. The number of rotatable bonds is 0. The molecule has 4 heteroatoms. The molecule has 0 aliphatic heterocycles. The second-order valence-electron chi connectivity index (χ2n) is 0.289. The fourth-order valence-corrected chi connectivity index (χ4v) is 0. The van der Waals surface area contributed by atoms with Crippen molar-refractivity contribution < 1.29 is 26.2 Å². The molecule has 0 aromatic heterocycles. The van der Waals surface area contributed by atoms with Crippen LogP contribution in [-0.2, 0) is 26.2 Å². The van der Waals surface area contributed by atoms with E-state index in [1.54, 1.807) is 0 Å². The van der Waals surface area contributed by atoms with Crippen LogP contribution in [0.4, 0.5) is 0 Å². The van der Waals surface area contributed by atoms with Crippen molar-refractivity contribution >= 4 is 18.4 Å². The maximum atomic E-state index is 4.66. The average Bonchev–Trinajstić information content (AvgIpc) is 0.918. The second kappa shape index (κ2) is 8.92. The minimum Gasteiger partial charge on any atom is -0.396 e. The Morgan fingerprint density at radius 3 is 1.75 bits per heavy atom. The number of hydrogen-bond acceptors (Lipinski definition) is 1. The van der Waals surface area contributed by atoms with Crippen LogP contribution in [0.1, 0.15) is 0 Å². The first kappa shape index (κ1) is 8.93. The summed E-state index contributed by atoms with van der Waals surface area (Å²) in [7, 11) is 5.56. The minimum atomic E-state index is 0. The van der Waals surface area contributed by atoms with E-state index in [1.807, 2.05) is 0 Å². The van der Waals surface area contributed by atoms with Gasteiger partial charge in [0.05, 0.1) is 10.4 Å². The van der Waals surface area contributed by atoms with E-state index in [-0.39, 0.29) is 26.2 Å². The molecule has 0 rings (SSSR count). The van der Waals surface area contributed by atoms with Crippen molar-refractivity contribution in [2.45, 2.75) is 0 Å². The van der Waals surface area contributed by atoms with Crippen LogP contribution < -0.4 is 4.89 Å². The van der Waals surface area contributed by atoms with Gasteiger partial charge in [-0.1, -0.05) is 0 Å². The van der Waals surface area contributed by atoms with Gasteiger partial charge in [-0.25, -0.2) is 0 Å². The number of hydrogen-bond donors (Lipinski definition) is 1. The molecule has 0 bridgehead atoms. The Bertz CT molecular complexity index is 8.00. The zero-order valence-electron chi connectivity index (χ0n) is 2.58. The van der Waals surface area contributed by atoms with Crippen LogP contribution in [0.25, 0.3) is 0 Å². The summed E-state index contributed by atoms with van der Waals surface area (Å²) in [6, 6.07) is 0. The molecule has 0 saturated carbocycles. The molecule has 0 aromatic carbocycles. The van der Waals surface area contributed by atoms with E-state index in [2.05, 4.69) is 12.9 Å². The summed E-state index contributed by atoms with van der Waals surface area (Å²) < 4.78 is 0. The Morgan fingerprint density at radius 1 is 1.75 bits per heavy atom. The van der Waals surface area contributed by atoms with Gasteiger partial charge in [-0.3, -0.25) is 0 Å². The molecule has 0 saturated heterocycles. The van der Waals surface area contributed by atoms with E-state index >= 15 is 0 Å². The van der Waals surface area contributed by atoms with Gasteiger partial charge in [0.25, 0.3) is 0 Å². The van der Waals surface area contributed by atoms with Crippen molar-refractivity contribution in [2.75, 3.05) is 0 Å². The van der Waals surface area contributed by atoms with Gasteiger partial charge in [0.2, 0.25) is 0 Å². The van der Waals surface area contributed by atoms with Crippen LogP contribution in [0.15, 0.2) is 0 Å². The smallest absolute Gasteiger partial charge is 0.168 e. The van der Waals surface area contributed by atoms with Gasteiger partial charge in [0.15, 0.2) is 7.98 Å². The summed E-state index contributed by atoms with van der Waals surface area (Å²) in [5, 5.41) is 0. The van der Waals surface area contributed by atoms with Crippen molar-refractivity contribution in [3.05, 3.63) is 0 Å². The van der Waals surface area contributed by atoms with Crippen molar-refractivity contribution in [1.82, 2.24) is 4.89 Å². The summed E-state index contributed by atoms with van der Waals surface area (Å²) in [5.41, 5.74) is 0. The monoisotopic (exact) mass is 147 g/mol. The fraction of sp³-hybridized carbons (Fsp3) is 0. The van der Waals surface area contributed by atoms with Gasteiger partial charge in [-0.05, 0) is 0 Å². The molecule has 0 aliphatic carbocycles. The quantitative estimate of drug-likeness (QED) is 0.389. The first-order valence-corrected chi connectivity index (χ1v) is 1.79. The molecule has 0 atom stereocenters. The summed E-state index contributed by atoms with van der Waals surface area (Å²) in [5.74, 6) is 0. The Balaban J connectivity index is 0. The predicted octanol–water partition coefficient (Wildman–Crippen LogP) is -2.06. The molecule has 0 fully saturated rings. The van der Waals surface area contributed by atoms with Crippen LogP contribution in [0, 0.1) is 0 Å². The van der Waals surface area contributed by atoms with Gasteiger partial charge >= 0.3 is 0 Å².